The Balaban J connectivity index is 1.98. The van der Waals surface area contributed by atoms with Crippen LogP contribution >= 0.6 is 15.9 Å². The molecule has 1 aromatic heterocycles. The number of carbonyl (C=O) groups excluding carboxylic acids is 2. The van der Waals surface area contributed by atoms with Crippen LogP contribution < -0.4 is 10.2 Å². The number of carbonyl (C=O) groups is 2. The largest absolute Gasteiger partial charge is 0.444 e. The number of rotatable bonds is 2. The molecule has 1 N–H and O–H groups in total. The topological polar surface area (TPSA) is 62.6 Å². The number of furan rings is 1. The molecule has 120 valence electrons. The van der Waals surface area contributed by atoms with Crippen molar-refractivity contribution in [3.63, 3.8) is 0 Å². The van der Waals surface area contributed by atoms with Crippen molar-refractivity contribution in [3.8, 4) is 0 Å². The fourth-order valence-electron chi connectivity index (χ4n) is 3.04. The van der Waals surface area contributed by atoms with Gasteiger partial charge < -0.3 is 14.6 Å². The van der Waals surface area contributed by atoms with E-state index in [-0.39, 0.29) is 17.6 Å². The summed E-state index contributed by atoms with van der Waals surface area (Å²) in [7, 11) is 1.78. The van der Waals surface area contributed by atoms with Gasteiger partial charge in [0.15, 0.2) is 10.4 Å². The standard InChI is InChI=1S/C17H17BrN2O3/c1-9-7-10(19-15(21)12-5-6-13(18)23-12)8-11-14(9)20(4)16(22)17(11,2)3/h5-8H,1-4H3,(H,19,21). The smallest absolute Gasteiger partial charge is 0.291 e. The summed E-state index contributed by atoms with van der Waals surface area (Å²) in [6.07, 6.45) is 0. The van der Waals surface area contributed by atoms with E-state index in [1.54, 1.807) is 24.1 Å². The molecule has 23 heavy (non-hydrogen) atoms. The Kier molecular flexibility index (Phi) is 3.59. The Labute approximate surface area is 142 Å². The van der Waals surface area contributed by atoms with E-state index in [2.05, 4.69) is 21.2 Å². The molecule has 6 heteroatoms. The molecule has 1 aromatic carbocycles. The van der Waals surface area contributed by atoms with Crippen LogP contribution in [-0.4, -0.2) is 18.9 Å². The van der Waals surface area contributed by atoms with E-state index in [4.69, 9.17) is 4.42 Å². The van der Waals surface area contributed by atoms with Gasteiger partial charge in [-0.15, -0.1) is 0 Å². The van der Waals surface area contributed by atoms with Crippen LogP contribution in [0.1, 0.15) is 35.5 Å². The van der Waals surface area contributed by atoms with Gasteiger partial charge in [-0.1, -0.05) is 0 Å². The number of benzene rings is 1. The maximum Gasteiger partial charge on any atom is 0.291 e. The van der Waals surface area contributed by atoms with Gasteiger partial charge in [0.1, 0.15) is 0 Å². The van der Waals surface area contributed by atoms with Gasteiger partial charge in [-0.25, -0.2) is 0 Å². The number of hydrogen-bond donors (Lipinski definition) is 1. The highest BCUT2D eigenvalue weighted by Crippen LogP contribution is 2.44. The molecule has 2 aromatic rings. The van der Waals surface area contributed by atoms with Crippen molar-refractivity contribution in [2.45, 2.75) is 26.2 Å². The van der Waals surface area contributed by atoms with Crippen LogP contribution in [-0.2, 0) is 10.2 Å². The molecule has 2 heterocycles. The normalized spacial score (nSPS) is 15.7. The molecule has 5 nitrogen and oxygen atoms in total. The van der Waals surface area contributed by atoms with Gasteiger partial charge in [-0.3, -0.25) is 9.59 Å². The molecule has 3 rings (SSSR count). The first-order chi connectivity index (χ1) is 10.7. The van der Waals surface area contributed by atoms with Crippen LogP contribution in [0.2, 0.25) is 0 Å². The predicted octanol–water partition coefficient (Wildman–Crippen LogP) is 3.86. The van der Waals surface area contributed by atoms with Crippen LogP contribution in [0.3, 0.4) is 0 Å². The maximum absolute atomic E-state index is 12.4. The van der Waals surface area contributed by atoms with Gasteiger partial charge >= 0.3 is 0 Å². The lowest BCUT2D eigenvalue weighted by atomic mass is 9.85. The monoisotopic (exact) mass is 376 g/mol. The summed E-state index contributed by atoms with van der Waals surface area (Å²) in [6, 6.07) is 6.99. The summed E-state index contributed by atoms with van der Waals surface area (Å²) in [4.78, 5) is 26.3. The van der Waals surface area contributed by atoms with Gasteiger partial charge in [0.2, 0.25) is 5.91 Å². The number of halogens is 1. The molecule has 0 spiro atoms. The fraction of sp³-hybridized carbons (Fsp3) is 0.294. The molecule has 1 aliphatic rings. The number of anilines is 2. The SMILES string of the molecule is Cc1cc(NC(=O)c2ccc(Br)o2)cc2c1N(C)C(=O)C2(C)C. The quantitative estimate of drug-likeness (QED) is 0.865. The van der Waals surface area contributed by atoms with Crippen LogP contribution in [0.15, 0.2) is 33.4 Å². The third kappa shape index (κ3) is 2.47. The van der Waals surface area contributed by atoms with Gasteiger partial charge in [0.05, 0.1) is 11.1 Å². The zero-order valence-corrected chi connectivity index (χ0v) is 14.9. The highest BCUT2D eigenvalue weighted by atomic mass is 79.9. The van der Waals surface area contributed by atoms with Crippen molar-refractivity contribution in [3.05, 3.63) is 45.8 Å². The number of nitrogens with zero attached hydrogens (tertiary/aromatic N) is 1. The van der Waals surface area contributed by atoms with Crippen LogP contribution in [0.4, 0.5) is 11.4 Å². The van der Waals surface area contributed by atoms with Gasteiger partial charge in [-0.2, -0.15) is 0 Å². The van der Waals surface area contributed by atoms with Gasteiger partial charge in [-0.05, 0) is 72.1 Å². The minimum atomic E-state index is -0.608. The molecule has 0 bridgehead atoms. The maximum atomic E-state index is 12.4. The lowest BCUT2D eigenvalue weighted by Crippen LogP contribution is -2.33. The highest BCUT2D eigenvalue weighted by molar-refractivity contribution is 9.10. The van der Waals surface area contributed by atoms with E-state index in [1.807, 2.05) is 32.9 Å². The summed E-state index contributed by atoms with van der Waals surface area (Å²) in [5, 5.41) is 2.83. The summed E-state index contributed by atoms with van der Waals surface area (Å²) >= 11 is 3.18. The second-order valence-corrected chi connectivity index (χ2v) is 7.02. The van der Waals surface area contributed by atoms with E-state index in [0.29, 0.717) is 10.4 Å². The minimum Gasteiger partial charge on any atom is -0.444 e. The zero-order chi connectivity index (χ0) is 16.9. The summed E-state index contributed by atoms with van der Waals surface area (Å²) < 4.78 is 5.76. The number of likely N-dealkylation sites (N-methyl/N-ethyl adjacent to an activating group) is 1. The van der Waals surface area contributed by atoms with Crippen molar-refractivity contribution in [2.75, 3.05) is 17.3 Å². The van der Waals surface area contributed by atoms with E-state index in [1.165, 1.54) is 0 Å². The van der Waals surface area contributed by atoms with Gasteiger partial charge in [0.25, 0.3) is 5.91 Å². The molecule has 1 aliphatic heterocycles. The highest BCUT2D eigenvalue weighted by Gasteiger charge is 2.43. The number of aryl methyl sites for hydroxylation is 1. The summed E-state index contributed by atoms with van der Waals surface area (Å²) in [5.74, 6) is -0.0537. The first kappa shape index (κ1) is 15.8. The molecule has 0 radical (unpaired) electrons. The Morgan fingerprint density at radius 3 is 2.61 bits per heavy atom. The first-order valence-electron chi connectivity index (χ1n) is 7.22. The molecule has 0 saturated carbocycles. The Hall–Kier alpha value is -2.08. The van der Waals surface area contributed by atoms with Crippen molar-refractivity contribution in [2.24, 2.45) is 0 Å². The average Bonchev–Trinajstić information content (AvgIpc) is 2.97. The Bertz CT molecular complexity index is 823. The second kappa shape index (κ2) is 5.23. The summed E-state index contributed by atoms with van der Waals surface area (Å²) in [6.45, 7) is 5.72. The van der Waals surface area contributed by atoms with Crippen LogP contribution in [0, 0.1) is 6.92 Å². The Morgan fingerprint density at radius 1 is 1.30 bits per heavy atom. The fourth-order valence-corrected chi connectivity index (χ4v) is 3.34. The number of amides is 2. The molecule has 0 unspecified atom stereocenters. The molecule has 0 atom stereocenters. The molecule has 0 saturated heterocycles. The zero-order valence-electron chi connectivity index (χ0n) is 13.4. The number of fused-ring (bicyclic) bond motifs is 1. The van der Waals surface area contributed by atoms with Crippen molar-refractivity contribution >= 4 is 39.1 Å². The third-order valence-electron chi connectivity index (χ3n) is 4.20. The van der Waals surface area contributed by atoms with Crippen molar-refractivity contribution in [1.82, 2.24) is 0 Å². The first-order valence-corrected chi connectivity index (χ1v) is 8.01. The third-order valence-corrected chi connectivity index (χ3v) is 4.63. The van der Waals surface area contributed by atoms with Crippen molar-refractivity contribution < 1.29 is 14.0 Å². The molecule has 0 aliphatic carbocycles. The lowest BCUT2D eigenvalue weighted by Gasteiger charge is -2.17. The van der Waals surface area contributed by atoms with Gasteiger partial charge in [0, 0.05) is 12.7 Å². The van der Waals surface area contributed by atoms with E-state index in [0.717, 1.165) is 16.8 Å². The molecular formula is C17H17BrN2O3. The minimum absolute atomic E-state index is 0.0500. The second-order valence-electron chi connectivity index (χ2n) is 6.24. The Morgan fingerprint density at radius 2 is 2.00 bits per heavy atom. The summed E-state index contributed by atoms with van der Waals surface area (Å²) in [5.41, 5.74) is 2.82. The van der Waals surface area contributed by atoms with E-state index in [9.17, 15) is 9.59 Å². The molecular weight excluding hydrogens is 360 g/mol. The predicted molar refractivity (Wildman–Crippen MR) is 92.0 cm³/mol. The molecule has 2 amide bonds. The average molecular weight is 377 g/mol. The van der Waals surface area contributed by atoms with E-state index >= 15 is 0 Å². The number of nitrogens with one attached hydrogen (secondary N) is 1. The van der Waals surface area contributed by atoms with E-state index < -0.39 is 5.41 Å². The molecule has 0 fully saturated rings. The number of hydrogen-bond acceptors (Lipinski definition) is 3. The van der Waals surface area contributed by atoms with Crippen molar-refractivity contribution in [1.29, 1.82) is 0 Å². The van der Waals surface area contributed by atoms with Crippen LogP contribution in [0.25, 0.3) is 0 Å². The lowest BCUT2D eigenvalue weighted by molar-refractivity contribution is -0.121. The van der Waals surface area contributed by atoms with Crippen LogP contribution in [0.5, 0.6) is 0 Å².